The molecule has 2 bridgehead atoms. The third kappa shape index (κ3) is 5.10. The van der Waals surface area contributed by atoms with Crippen LogP contribution in [0.1, 0.15) is 47.3 Å². The first kappa shape index (κ1) is 24.3. The van der Waals surface area contributed by atoms with Gasteiger partial charge in [0.25, 0.3) is 5.91 Å². The average molecular weight is 490 g/mol. The van der Waals surface area contributed by atoms with Crippen molar-refractivity contribution < 1.29 is 14.6 Å². The summed E-state index contributed by atoms with van der Waals surface area (Å²) in [6, 6.07) is 13.0. The summed E-state index contributed by atoms with van der Waals surface area (Å²) in [7, 11) is 1.87. The Balaban J connectivity index is 1.35. The van der Waals surface area contributed by atoms with E-state index in [4.69, 9.17) is 4.74 Å². The van der Waals surface area contributed by atoms with E-state index in [2.05, 4.69) is 26.7 Å². The number of rotatable bonds is 8. The molecule has 3 heterocycles. The van der Waals surface area contributed by atoms with Crippen molar-refractivity contribution in [2.45, 2.75) is 44.8 Å². The van der Waals surface area contributed by atoms with E-state index in [-0.39, 0.29) is 25.2 Å². The topological polar surface area (TPSA) is 91.7 Å². The molecule has 8 nitrogen and oxygen atoms in total. The standard InChI is InChI=1S/C28H35N5O3/c1-18-4-8-24(33-16-22-6-7-23(17-33)31-22)13-25(18)28(35)30-19(2)20-5-9-27(36-11-10-34)26(12-20)21-14-29-32(3)15-21/h4-5,8-9,12-15,19,22-23,31,34H,6-7,10-11,16-17H2,1-3H3,(H,30,35)/t19-,22-,23+/m1/s1. The fourth-order valence-electron chi connectivity index (χ4n) is 5.30. The number of carbonyl (C=O) groups excluding carboxylic acids is 1. The molecular formula is C28H35N5O3. The maximum absolute atomic E-state index is 13.4. The third-order valence-electron chi connectivity index (χ3n) is 7.26. The Kier molecular flexibility index (Phi) is 6.98. The Morgan fingerprint density at radius 2 is 2.00 bits per heavy atom. The Morgan fingerprint density at radius 1 is 1.22 bits per heavy atom. The fourth-order valence-corrected chi connectivity index (χ4v) is 5.30. The van der Waals surface area contributed by atoms with E-state index in [0.29, 0.717) is 23.4 Å². The molecule has 0 unspecified atom stereocenters. The van der Waals surface area contributed by atoms with Crippen LogP contribution in [0.3, 0.4) is 0 Å². The molecule has 1 aromatic heterocycles. The van der Waals surface area contributed by atoms with E-state index in [1.165, 1.54) is 12.8 Å². The van der Waals surface area contributed by atoms with Crippen molar-refractivity contribution in [2.75, 3.05) is 31.2 Å². The van der Waals surface area contributed by atoms with Crippen molar-refractivity contribution in [3.05, 3.63) is 65.5 Å². The number of anilines is 1. The number of ether oxygens (including phenoxy) is 1. The molecule has 3 aromatic rings. The first-order chi connectivity index (χ1) is 17.4. The number of piperazine rings is 1. The highest BCUT2D eigenvalue weighted by Crippen LogP contribution is 2.33. The van der Waals surface area contributed by atoms with Gasteiger partial charge in [-0.1, -0.05) is 12.1 Å². The molecule has 2 aliphatic heterocycles. The smallest absolute Gasteiger partial charge is 0.252 e. The van der Waals surface area contributed by atoms with Gasteiger partial charge in [0.15, 0.2) is 0 Å². The van der Waals surface area contributed by atoms with E-state index < -0.39 is 0 Å². The van der Waals surface area contributed by atoms with Gasteiger partial charge in [0.2, 0.25) is 0 Å². The number of benzene rings is 2. The van der Waals surface area contributed by atoms with Crippen molar-refractivity contribution in [2.24, 2.45) is 7.05 Å². The van der Waals surface area contributed by atoms with Crippen molar-refractivity contribution in [3.8, 4) is 16.9 Å². The van der Waals surface area contributed by atoms with E-state index in [9.17, 15) is 9.90 Å². The van der Waals surface area contributed by atoms with Crippen LogP contribution in [0.2, 0.25) is 0 Å². The number of nitrogens with one attached hydrogen (secondary N) is 2. The minimum atomic E-state index is -0.210. The van der Waals surface area contributed by atoms with Crippen molar-refractivity contribution >= 4 is 11.6 Å². The molecule has 3 atom stereocenters. The van der Waals surface area contributed by atoms with E-state index in [1.54, 1.807) is 10.9 Å². The van der Waals surface area contributed by atoms with Crippen molar-refractivity contribution in [3.63, 3.8) is 0 Å². The second-order valence-corrected chi connectivity index (χ2v) is 9.97. The molecule has 3 N–H and O–H groups in total. The molecule has 2 aliphatic rings. The number of fused-ring (bicyclic) bond motifs is 2. The van der Waals surface area contributed by atoms with Gasteiger partial charge in [-0.25, -0.2) is 0 Å². The lowest BCUT2D eigenvalue weighted by Gasteiger charge is -2.35. The molecule has 5 rings (SSSR count). The summed E-state index contributed by atoms with van der Waals surface area (Å²) in [4.78, 5) is 15.8. The van der Waals surface area contributed by atoms with Gasteiger partial charge in [-0.15, -0.1) is 0 Å². The molecule has 0 spiro atoms. The van der Waals surface area contributed by atoms with Crippen LogP contribution in [0.25, 0.3) is 11.1 Å². The summed E-state index contributed by atoms with van der Waals surface area (Å²) < 4.78 is 7.50. The molecule has 190 valence electrons. The van der Waals surface area contributed by atoms with Gasteiger partial charge in [0, 0.05) is 60.8 Å². The Labute approximate surface area is 212 Å². The normalized spacial score (nSPS) is 19.8. The predicted molar refractivity (Wildman–Crippen MR) is 140 cm³/mol. The van der Waals surface area contributed by atoms with Crippen LogP contribution in [0.15, 0.2) is 48.8 Å². The van der Waals surface area contributed by atoms with Crippen molar-refractivity contribution in [1.82, 2.24) is 20.4 Å². The number of aromatic nitrogens is 2. The lowest BCUT2D eigenvalue weighted by molar-refractivity contribution is 0.0939. The monoisotopic (exact) mass is 489 g/mol. The summed E-state index contributed by atoms with van der Waals surface area (Å²) in [5, 5.41) is 20.3. The van der Waals surface area contributed by atoms with Gasteiger partial charge in [0.05, 0.1) is 18.8 Å². The summed E-state index contributed by atoms with van der Waals surface area (Å²) in [6.07, 6.45) is 6.15. The molecule has 2 aromatic carbocycles. The van der Waals surface area contributed by atoms with Gasteiger partial charge in [-0.2, -0.15) is 5.10 Å². The highest BCUT2D eigenvalue weighted by Gasteiger charge is 2.32. The van der Waals surface area contributed by atoms with Gasteiger partial charge < -0.3 is 25.4 Å². The first-order valence-corrected chi connectivity index (χ1v) is 12.7. The van der Waals surface area contributed by atoms with E-state index in [1.807, 2.05) is 57.4 Å². The second kappa shape index (κ2) is 10.3. The Bertz CT molecular complexity index is 1230. The maximum atomic E-state index is 13.4. The molecule has 2 fully saturated rings. The molecule has 0 radical (unpaired) electrons. The zero-order valence-corrected chi connectivity index (χ0v) is 21.2. The van der Waals surface area contributed by atoms with Gasteiger partial charge in [0.1, 0.15) is 12.4 Å². The summed E-state index contributed by atoms with van der Waals surface area (Å²) >= 11 is 0. The van der Waals surface area contributed by atoms with Gasteiger partial charge >= 0.3 is 0 Å². The van der Waals surface area contributed by atoms with Gasteiger partial charge in [-0.3, -0.25) is 9.48 Å². The van der Waals surface area contributed by atoms with Crippen LogP contribution >= 0.6 is 0 Å². The van der Waals surface area contributed by atoms with Crippen LogP contribution in [0.5, 0.6) is 5.75 Å². The minimum absolute atomic E-state index is 0.0612. The van der Waals surface area contributed by atoms with E-state index in [0.717, 1.165) is 41.0 Å². The quantitative estimate of drug-likeness (QED) is 0.450. The summed E-state index contributed by atoms with van der Waals surface area (Å²) in [5.74, 6) is 0.594. The molecule has 1 amide bonds. The summed E-state index contributed by atoms with van der Waals surface area (Å²) in [6.45, 7) is 6.09. The first-order valence-electron chi connectivity index (χ1n) is 12.7. The average Bonchev–Trinajstić information content (AvgIpc) is 3.46. The van der Waals surface area contributed by atoms with Crippen LogP contribution in [0.4, 0.5) is 5.69 Å². The van der Waals surface area contributed by atoms with Crippen LogP contribution in [0, 0.1) is 6.92 Å². The highest BCUT2D eigenvalue weighted by atomic mass is 16.5. The summed E-state index contributed by atoms with van der Waals surface area (Å²) in [5.41, 5.74) is 5.54. The number of hydrogen-bond acceptors (Lipinski definition) is 6. The number of aryl methyl sites for hydroxylation is 2. The number of nitrogens with zero attached hydrogens (tertiary/aromatic N) is 3. The second-order valence-electron chi connectivity index (χ2n) is 9.97. The molecule has 0 saturated carbocycles. The van der Waals surface area contributed by atoms with Crippen LogP contribution in [-0.2, 0) is 7.05 Å². The fraction of sp³-hybridized carbons (Fsp3) is 0.429. The highest BCUT2D eigenvalue weighted by molar-refractivity contribution is 5.97. The predicted octanol–water partition coefficient (Wildman–Crippen LogP) is 3.20. The van der Waals surface area contributed by atoms with Crippen molar-refractivity contribution in [1.29, 1.82) is 0 Å². The van der Waals surface area contributed by atoms with E-state index >= 15 is 0 Å². The number of amides is 1. The number of hydrogen-bond donors (Lipinski definition) is 3. The van der Waals surface area contributed by atoms with Crippen LogP contribution in [-0.4, -0.2) is 59.2 Å². The largest absolute Gasteiger partial charge is 0.491 e. The SMILES string of the molecule is Cc1ccc(N2C[C@H]3CC[C@@H](C2)N3)cc1C(=O)N[C@H](C)c1ccc(OCCO)c(-c2cnn(C)c2)c1. The number of carbonyl (C=O) groups is 1. The molecular weight excluding hydrogens is 454 g/mol. The number of aliphatic hydroxyl groups excluding tert-OH is 1. The Morgan fingerprint density at radius 3 is 2.69 bits per heavy atom. The van der Waals surface area contributed by atoms with Gasteiger partial charge in [-0.05, 0) is 62.1 Å². The number of aliphatic hydroxyl groups is 1. The molecule has 2 saturated heterocycles. The zero-order valence-electron chi connectivity index (χ0n) is 21.2. The van der Waals surface area contributed by atoms with Crippen LogP contribution < -0.4 is 20.3 Å². The Hall–Kier alpha value is -3.36. The maximum Gasteiger partial charge on any atom is 0.252 e. The third-order valence-corrected chi connectivity index (χ3v) is 7.26. The lowest BCUT2D eigenvalue weighted by atomic mass is 10.00. The lowest BCUT2D eigenvalue weighted by Crippen LogP contribution is -2.51. The molecule has 8 heteroatoms. The minimum Gasteiger partial charge on any atom is -0.491 e. The zero-order chi connectivity index (χ0) is 25.2. The molecule has 36 heavy (non-hydrogen) atoms. The molecule has 0 aliphatic carbocycles.